The Balaban J connectivity index is 1.41. The molecular formula is C23H22ClN5O. The van der Waals surface area contributed by atoms with Crippen molar-refractivity contribution in [1.82, 2.24) is 24.5 Å². The summed E-state index contributed by atoms with van der Waals surface area (Å²) in [5.41, 5.74) is 6.54. The number of benzene rings is 2. The van der Waals surface area contributed by atoms with E-state index in [1.807, 2.05) is 29.8 Å². The molecule has 7 heteroatoms. The van der Waals surface area contributed by atoms with Crippen LogP contribution in [0.15, 0.2) is 55.0 Å². The van der Waals surface area contributed by atoms with Crippen molar-refractivity contribution in [2.24, 2.45) is 0 Å². The van der Waals surface area contributed by atoms with Gasteiger partial charge in [-0.3, -0.25) is 0 Å². The summed E-state index contributed by atoms with van der Waals surface area (Å²) in [7, 11) is 1.69. The van der Waals surface area contributed by atoms with E-state index in [-0.39, 0.29) is 6.04 Å². The van der Waals surface area contributed by atoms with E-state index in [9.17, 15) is 0 Å². The first kappa shape index (κ1) is 18.9. The van der Waals surface area contributed by atoms with Crippen LogP contribution in [0.1, 0.15) is 40.7 Å². The van der Waals surface area contributed by atoms with E-state index in [1.54, 1.807) is 13.4 Å². The molecule has 30 heavy (non-hydrogen) atoms. The number of aromatic nitrogens is 5. The van der Waals surface area contributed by atoms with Crippen molar-refractivity contribution in [3.63, 3.8) is 0 Å². The second kappa shape index (κ2) is 7.61. The van der Waals surface area contributed by atoms with Gasteiger partial charge in [-0.25, -0.2) is 9.67 Å². The summed E-state index contributed by atoms with van der Waals surface area (Å²) in [5.74, 6) is 0.813. The Morgan fingerprint density at radius 2 is 2.00 bits per heavy atom. The zero-order chi connectivity index (χ0) is 20.7. The maximum atomic E-state index is 6.04. The highest BCUT2D eigenvalue weighted by Gasteiger charge is 2.28. The van der Waals surface area contributed by atoms with Gasteiger partial charge < -0.3 is 9.30 Å². The maximum Gasteiger partial charge on any atom is 0.143 e. The largest absolute Gasteiger partial charge is 0.495 e. The van der Waals surface area contributed by atoms with Gasteiger partial charge in [0.25, 0.3) is 0 Å². The third-order valence-corrected chi connectivity index (χ3v) is 5.93. The second-order valence-electron chi connectivity index (χ2n) is 7.64. The van der Waals surface area contributed by atoms with Crippen LogP contribution in [-0.2, 0) is 12.8 Å². The quantitative estimate of drug-likeness (QED) is 0.475. The van der Waals surface area contributed by atoms with Gasteiger partial charge in [-0.05, 0) is 55.2 Å². The van der Waals surface area contributed by atoms with Crippen molar-refractivity contribution in [2.45, 2.75) is 32.2 Å². The van der Waals surface area contributed by atoms with Gasteiger partial charge in [0.1, 0.15) is 5.75 Å². The average molecular weight is 420 g/mol. The van der Waals surface area contributed by atoms with Crippen LogP contribution in [0, 0.1) is 6.92 Å². The Morgan fingerprint density at radius 1 is 1.17 bits per heavy atom. The number of nitrogens with zero attached hydrogens (tertiary/aromatic N) is 5. The molecule has 1 aliphatic rings. The predicted molar refractivity (Wildman–Crippen MR) is 116 cm³/mol. The fourth-order valence-electron chi connectivity index (χ4n) is 4.17. The minimum Gasteiger partial charge on any atom is -0.495 e. The number of methoxy groups -OCH3 is 1. The van der Waals surface area contributed by atoms with Crippen molar-refractivity contribution in [2.75, 3.05) is 7.11 Å². The Kier molecular flexibility index (Phi) is 4.79. The zero-order valence-electron chi connectivity index (χ0n) is 16.9. The SMILES string of the molecule is COc1cc(Cc2nnn3c2CCC3c2ccc(Cl)cc2)ccc1-n1cnc(C)c1. The molecule has 2 aromatic heterocycles. The lowest BCUT2D eigenvalue weighted by molar-refractivity contribution is 0.412. The van der Waals surface area contributed by atoms with Gasteiger partial charge in [0.05, 0.1) is 42.2 Å². The van der Waals surface area contributed by atoms with E-state index in [4.69, 9.17) is 16.3 Å². The number of halogens is 1. The second-order valence-corrected chi connectivity index (χ2v) is 8.08. The summed E-state index contributed by atoms with van der Waals surface area (Å²) in [6, 6.07) is 14.5. The third kappa shape index (κ3) is 3.37. The Morgan fingerprint density at radius 3 is 2.73 bits per heavy atom. The van der Waals surface area contributed by atoms with Gasteiger partial charge in [-0.15, -0.1) is 5.10 Å². The van der Waals surface area contributed by atoms with Crippen molar-refractivity contribution in [3.8, 4) is 11.4 Å². The molecule has 0 radical (unpaired) electrons. The Hall–Kier alpha value is -3.12. The molecule has 0 aliphatic carbocycles. The number of imidazole rings is 1. The van der Waals surface area contributed by atoms with Crippen molar-refractivity contribution in [1.29, 1.82) is 0 Å². The summed E-state index contributed by atoms with van der Waals surface area (Å²) >= 11 is 6.04. The van der Waals surface area contributed by atoms with Crippen LogP contribution >= 0.6 is 11.6 Å². The third-order valence-electron chi connectivity index (χ3n) is 5.68. The normalized spacial score (nSPS) is 15.4. The lowest BCUT2D eigenvalue weighted by Gasteiger charge is -2.11. The van der Waals surface area contributed by atoms with Crippen LogP contribution in [-0.4, -0.2) is 31.7 Å². The van der Waals surface area contributed by atoms with Crippen LogP contribution in [0.4, 0.5) is 0 Å². The smallest absolute Gasteiger partial charge is 0.143 e. The molecule has 1 atom stereocenters. The molecule has 0 N–H and O–H groups in total. The van der Waals surface area contributed by atoms with Crippen LogP contribution in [0.3, 0.4) is 0 Å². The summed E-state index contributed by atoms with van der Waals surface area (Å²) in [4.78, 5) is 4.31. The number of aryl methyl sites for hydroxylation is 1. The molecule has 0 saturated carbocycles. The molecule has 0 amide bonds. The average Bonchev–Trinajstić information content (AvgIpc) is 3.46. The highest BCUT2D eigenvalue weighted by Crippen LogP contribution is 2.33. The lowest BCUT2D eigenvalue weighted by Crippen LogP contribution is -2.07. The van der Waals surface area contributed by atoms with Gasteiger partial charge in [0.2, 0.25) is 0 Å². The van der Waals surface area contributed by atoms with E-state index in [0.717, 1.165) is 52.7 Å². The highest BCUT2D eigenvalue weighted by molar-refractivity contribution is 6.30. The highest BCUT2D eigenvalue weighted by atomic mass is 35.5. The van der Waals surface area contributed by atoms with Gasteiger partial charge in [0, 0.05) is 17.6 Å². The molecule has 6 nitrogen and oxygen atoms in total. The zero-order valence-corrected chi connectivity index (χ0v) is 17.7. The molecule has 1 unspecified atom stereocenters. The predicted octanol–water partition coefficient (Wildman–Crippen LogP) is 4.56. The first-order valence-electron chi connectivity index (χ1n) is 9.98. The van der Waals surface area contributed by atoms with Crippen molar-refractivity contribution >= 4 is 11.6 Å². The molecule has 4 aromatic rings. The lowest BCUT2D eigenvalue weighted by atomic mass is 10.0. The van der Waals surface area contributed by atoms with E-state index in [0.29, 0.717) is 0 Å². The van der Waals surface area contributed by atoms with Crippen LogP contribution in [0.2, 0.25) is 5.02 Å². The first-order valence-corrected chi connectivity index (χ1v) is 10.4. The standard InChI is InChI=1S/C23H22ClN5O/c1-15-13-28(14-25-15)22-8-3-16(12-23(22)30-2)11-19-21-10-9-20(29(21)27-26-19)17-4-6-18(24)7-5-17/h3-8,12-14,20H,9-11H2,1-2H3. The fourth-order valence-corrected chi connectivity index (χ4v) is 4.30. The summed E-state index contributed by atoms with van der Waals surface area (Å²) < 4.78 is 9.69. The number of fused-ring (bicyclic) bond motifs is 1. The van der Waals surface area contributed by atoms with E-state index in [1.165, 1.54) is 11.3 Å². The number of hydrogen-bond donors (Lipinski definition) is 0. The summed E-state index contributed by atoms with van der Waals surface area (Å²) in [6.45, 7) is 1.97. The number of hydrogen-bond acceptors (Lipinski definition) is 4. The molecule has 152 valence electrons. The molecule has 0 fully saturated rings. The molecule has 0 spiro atoms. The van der Waals surface area contributed by atoms with Crippen LogP contribution < -0.4 is 4.74 Å². The molecule has 5 rings (SSSR count). The molecule has 0 saturated heterocycles. The Bertz CT molecular complexity index is 1190. The first-order chi connectivity index (χ1) is 14.6. The minimum absolute atomic E-state index is 0.222. The maximum absolute atomic E-state index is 6.04. The van der Waals surface area contributed by atoms with E-state index < -0.39 is 0 Å². The monoisotopic (exact) mass is 419 g/mol. The molecule has 2 aromatic carbocycles. The summed E-state index contributed by atoms with van der Waals surface area (Å²) in [6.07, 6.45) is 6.51. The van der Waals surface area contributed by atoms with Gasteiger partial charge in [0.15, 0.2) is 0 Å². The van der Waals surface area contributed by atoms with E-state index in [2.05, 4.69) is 50.3 Å². The van der Waals surface area contributed by atoms with Crippen LogP contribution in [0.5, 0.6) is 5.75 Å². The fraction of sp³-hybridized carbons (Fsp3) is 0.261. The number of ether oxygens (including phenoxy) is 1. The topological polar surface area (TPSA) is 57.8 Å². The van der Waals surface area contributed by atoms with Gasteiger partial charge in [-0.1, -0.05) is 35.0 Å². The van der Waals surface area contributed by atoms with E-state index >= 15 is 0 Å². The molecule has 1 aliphatic heterocycles. The van der Waals surface area contributed by atoms with Crippen molar-refractivity contribution in [3.05, 3.63) is 88.2 Å². The van der Waals surface area contributed by atoms with Crippen molar-refractivity contribution < 1.29 is 4.74 Å². The van der Waals surface area contributed by atoms with Gasteiger partial charge >= 0.3 is 0 Å². The molecule has 0 bridgehead atoms. The minimum atomic E-state index is 0.222. The summed E-state index contributed by atoms with van der Waals surface area (Å²) in [5, 5.41) is 9.72. The van der Waals surface area contributed by atoms with Gasteiger partial charge in [-0.2, -0.15) is 0 Å². The Labute approximate surface area is 180 Å². The molecular weight excluding hydrogens is 398 g/mol. The molecule has 3 heterocycles. The number of rotatable bonds is 5. The van der Waals surface area contributed by atoms with Crippen LogP contribution in [0.25, 0.3) is 5.69 Å².